The van der Waals surface area contributed by atoms with E-state index in [0.29, 0.717) is 12.1 Å². The lowest BCUT2D eigenvalue weighted by atomic mass is 9.94. The van der Waals surface area contributed by atoms with Gasteiger partial charge in [-0.2, -0.15) is 0 Å². The average molecular weight is 195 g/mol. The maximum absolute atomic E-state index is 5.59. The van der Waals surface area contributed by atoms with Crippen molar-refractivity contribution in [3.8, 4) is 0 Å². The lowest BCUT2D eigenvalue weighted by Gasteiger charge is -2.27. The average Bonchev–Trinajstić information content (AvgIpc) is 2.83. The van der Waals surface area contributed by atoms with Gasteiger partial charge in [0.15, 0.2) is 0 Å². The van der Waals surface area contributed by atoms with Gasteiger partial charge < -0.3 is 10.1 Å². The van der Waals surface area contributed by atoms with Crippen molar-refractivity contribution in [2.24, 2.45) is 11.8 Å². The van der Waals surface area contributed by atoms with E-state index in [1.807, 2.05) is 0 Å². The summed E-state index contributed by atoms with van der Waals surface area (Å²) in [5.74, 6) is 2.04. The SMILES string of the molecule is CC1OCCC1NC1CC2CCC1C2. The van der Waals surface area contributed by atoms with Gasteiger partial charge >= 0.3 is 0 Å². The molecule has 5 atom stereocenters. The summed E-state index contributed by atoms with van der Waals surface area (Å²) in [6.07, 6.45) is 7.57. The van der Waals surface area contributed by atoms with Crippen LogP contribution in [-0.4, -0.2) is 24.8 Å². The standard InChI is InChI=1S/C12H21NO/c1-8-11(4-5-14-8)13-12-7-9-2-3-10(12)6-9/h8-13H,2-7H2,1H3. The van der Waals surface area contributed by atoms with Gasteiger partial charge in [-0.15, -0.1) is 0 Å². The number of nitrogens with one attached hydrogen (secondary N) is 1. The molecule has 2 nitrogen and oxygen atoms in total. The molecule has 3 fully saturated rings. The van der Waals surface area contributed by atoms with Crippen LogP contribution in [0.4, 0.5) is 0 Å². The Hall–Kier alpha value is -0.0800. The molecule has 3 aliphatic rings. The molecule has 5 unspecified atom stereocenters. The van der Waals surface area contributed by atoms with E-state index in [1.165, 1.54) is 32.1 Å². The highest BCUT2D eigenvalue weighted by Gasteiger charge is 2.41. The molecule has 0 radical (unpaired) electrons. The minimum Gasteiger partial charge on any atom is -0.377 e. The van der Waals surface area contributed by atoms with Gasteiger partial charge in [0, 0.05) is 18.7 Å². The fourth-order valence-corrected chi connectivity index (χ4v) is 3.67. The van der Waals surface area contributed by atoms with Crippen LogP contribution in [0, 0.1) is 11.8 Å². The summed E-state index contributed by atoms with van der Waals surface area (Å²) in [7, 11) is 0. The van der Waals surface area contributed by atoms with Crippen molar-refractivity contribution >= 4 is 0 Å². The van der Waals surface area contributed by atoms with Crippen molar-refractivity contribution in [1.82, 2.24) is 5.32 Å². The lowest BCUT2D eigenvalue weighted by molar-refractivity contribution is 0.108. The molecule has 0 spiro atoms. The van der Waals surface area contributed by atoms with Gasteiger partial charge in [-0.05, 0) is 44.4 Å². The van der Waals surface area contributed by atoms with Gasteiger partial charge in [-0.1, -0.05) is 6.42 Å². The van der Waals surface area contributed by atoms with E-state index in [-0.39, 0.29) is 0 Å². The molecule has 3 rings (SSSR count). The van der Waals surface area contributed by atoms with Crippen molar-refractivity contribution in [2.75, 3.05) is 6.61 Å². The number of ether oxygens (including phenoxy) is 1. The van der Waals surface area contributed by atoms with Crippen molar-refractivity contribution in [2.45, 2.75) is 57.2 Å². The van der Waals surface area contributed by atoms with E-state index in [4.69, 9.17) is 4.74 Å². The Morgan fingerprint density at radius 2 is 2.00 bits per heavy atom. The number of fused-ring (bicyclic) bond motifs is 2. The second-order valence-electron chi connectivity index (χ2n) is 5.42. The van der Waals surface area contributed by atoms with Crippen LogP contribution in [0.3, 0.4) is 0 Å². The summed E-state index contributed by atoms with van der Waals surface area (Å²) in [5, 5.41) is 3.83. The Morgan fingerprint density at radius 3 is 2.57 bits per heavy atom. The third-order valence-corrected chi connectivity index (χ3v) is 4.54. The second kappa shape index (κ2) is 3.49. The molecule has 1 saturated heterocycles. The molecular formula is C12H21NO. The predicted octanol–water partition coefficient (Wildman–Crippen LogP) is 1.94. The van der Waals surface area contributed by atoms with Crippen molar-refractivity contribution in [3.05, 3.63) is 0 Å². The van der Waals surface area contributed by atoms with Gasteiger partial charge in [0.2, 0.25) is 0 Å². The lowest BCUT2D eigenvalue weighted by Crippen LogP contribution is -2.44. The van der Waals surface area contributed by atoms with Gasteiger partial charge in [-0.3, -0.25) is 0 Å². The molecule has 0 aromatic carbocycles. The van der Waals surface area contributed by atoms with Gasteiger partial charge in [-0.25, -0.2) is 0 Å². The third kappa shape index (κ3) is 1.49. The monoisotopic (exact) mass is 195 g/mol. The first kappa shape index (κ1) is 9.17. The largest absolute Gasteiger partial charge is 0.377 e. The zero-order valence-electron chi connectivity index (χ0n) is 9.04. The summed E-state index contributed by atoms with van der Waals surface area (Å²) in [6.45, 7) is 3.16. The van der Waals surface area contributed by atoms with Crippen LogP contribution in [-0.2, 0) is 4.74 Å². The highest BCUT2D eigenvalue weighted by molar-refractivity contribution is 4.96. The Bertz CT molecular complexity index is 218. The first-order chi connectivity index (χ1) is 6.83. The van der Waals surface area contributed by atoms with Gasteiger partial charge in [0.05, 0.1) is 6.10 Å². The predicted molar refractivity (Wildman–Crippen MR) is 56.2 cm³/mol. The fraction of sp³-hybridized carbons (Fsp3) is 1.00. The minimum absolute atomic E-state index is 0.439. The highest BCUT2D eigenvalue weighted by Crippen LogP contribution is 2.44. The van der Waals surface area contributed by atoms with Gasteiger partial charge in [0.25, 0.3) is 0 Å². The molecule has 80 valence electrons. The van der Waals surface area contributed by atoms with Crippen LogP contribution >= 0.6 is 0 Å². The van der Waals surface area contributed by atoms with Crippen molar-refractivity contribution < 1.29 is 4.74 Å². The summed E-state index contributed by atoms with van der Waals surface area (Å²) in [4.78, 5) is 0. The van der Waals surface area contributed by atoms with E-state index in [2.05, 4.69) is 12.2 Å². The third-order valence-electron chi connectivity index (χ3n) is 4.54. The summed E-state index contributed by atoms with van der Waals surface area (Å²) in [6, 6.07) is 1.46. The van der Waals surface area contributed by atoms with Crippen LogP contribution < -0.4 is 5.32 Å². The van der Waals surface area contributed by atoms with E-state index >= 15 is 0 Å². The summed E-state index contributed by atoms with van der Waals surface area (Å²) in [5.41, 5.74) is 0. The smallest absolute Gasteiger partial charge is 0.0700 e. The van der Waals surface area contributed by atoms with Crippen LogP contribution in [0.15, 0.2) is 0 Å². The topological polar surface area (TPSA) is 21.3 Å². The number of hydrogen-bond acceptors (Lipinski definition) is 2. The van der Waals surface area contributed by atoms with Crippen LogP contribution in [0.25, 0.3) is 0 Å². The van der Waals surface area contributed by atoms with Crippen molar-refractivity contribution in [3.63, 3.8) is 0 Å². The molecule has 1 heterocycles. The van der Waals surface area contributed by atoms with Crippen LogP contribution in [0.1, 0.15) is 39.0 Å². The molecule has 2 aliphatic carbocycles. The Balaban J connectivity index is 1.57. The van der Waals surface area contributed by atoms with Crippen molar-refractivity contribution in [1.29, 1.82) is 0 Å². The molecule has 1 aliphatic heterocycles. The molecule has 1 N–H and O–H groups in total. The normalized spacial score (nSPS) is 51.6. The molecule has 2 saturated carbocycles. The van der Waals surface area contributed by atoms with Crippen LogP contribution in [0.2, 0.25) is 0 Å². The van der Waals surface area contributed by atoms with Crippen LogP contribution in [0.5, 0.6) is 0 Å². The number of rotatable bonds is 2. The zero-order chi connectivity index (χ0) is 9.54. The first-order valence-electron chi connectivity index (χ1n) is 6.20. The quantitative estimate of drug-likeness (QED) is 0.727. The molecule has 0 aromatic rings. The molecule has 2 heteroatoms. The molecule has 14 heavy (non-hydrogen) atoms. The van der Waals surface area contributed by atoms with Gasteiger partial charge in [0.1, 0.15) is 0 Å². The maximum atomic E-state index is 5.59. The highest BCUT2D eigenvalue weighted by atomic mass is 16.5. The summed E-state index contributed by atoms with van der Waals surface area (Å²) < 4.78 is 5.59. The molecule has 2 bridgehead atoms. The Labute approximate surface area is 86.4 Å². The maximum Gasteiger partial charge on any atom is 0.0700 e. The Kier molecular flexibility index (Phi) is 2.29. The molecule has 0 amide bonds. The molecular weight excluding hydrogens is 174 g/mol. The summed E-state index contributed by atoms with van der Waals surface area (Å²) >= 11 is 0. The Morgan fingerprint density at radius 1 is 1.07 bits per heavy atom. The number of hydrogen-bond donors (Lipinski definition) is 1. The zero-order valence-corrected chi connectivity index (χ0v) is 9.04. The first-order valence-corrected chi connectivity index (χ1v) is 6.20. The second-order valence-corrected chi connectivity index (χ2v) is 5.42. The van der Waals surface area contributed by atoms with E-state index in [1.54, 1.807) is 0 Å². The van der Waals surface area contributed by atoms with E-state index in [0.717, 1.165) is 24.5 Å². The molecule has 0 aromatic heterocycles. The van der Waals surface area contributed by atoms with E-state index in [9.17, 15) is 0 Å². The van der Waals surface area contributed by atoms with E-state index < -0.39 is 0 Å². The fourth-order valence-electron chi connectivity index (χ4n) is 3.67. The minimum atomic E-state index is 0.439.